The molecule has 2 saturated heterocycles. The van der Waals surface area contributed by atoms with Gasteiger partial charge in [-0.25, -0.2) is 0 Å². The van der Waals surface area contributed by atoms with Crippen molar-refractivity contribution in [2.45, 2.75) is 70.6 Å². The second-order valence-corrected chi connectivity index (χ2v) is 10.1. The Morgan fingerprint density at radius 1 is 1.23 bits per heavy atom. The summed E-state index contributed by atoms with van der Waals surface area (Å²) < 4.78 is 12.2. The van der Waals surface area contributed by atoms with Gasteiger partial charge in [0.15, 0.2) is 12.1 Å². The van der Waals surface area contributed by atoms with Gasteiger partial charge in [-0.05, 0) is 42.6 Å². The van der Waals surface area contributed by atoms with Crippen molar-refractivity contribution in [1.82, 2.24) is 0 Å². The molecule has 4 saturated carbocycles. The van der Waals surface area contributed by atoms with Crippen LogP contribution in [-0.2, 0) is 14.3 Å². The first-order chi connectivity index (χ1) is 12.2. The van der Waals surface area contributed by atoms with Crippen LogP contribution in [-0.4, -0.2) is 47.7 Å². The molecule has 0 radical (unpaired) electrons. The average Bonchev–Trinajstić information content (AvgIpc) is 2.71. The Kier molecular flexibility index (Phi) is 3.33. The number of hydrogen-bond acceptors (Lipinski definition) is 5. The molecule has 0 amide bonds. The topological polar surface area (TPSA) is 76.0 Å². The van der Waals surface area contributed by atoms with Gasteiger partial charge in [0.05, 0.1) is 23.7 Å². The molecule has 2 spiro atoms. The number of hydrogen-bond donors (Lipinski definition) is 2. The van der Waals surface area contributed by atoms with E-state index in [0.717, 1.165) is 25.7 Å². The van der Waals surface area contributed by atoms with Crippen LogP contribution < -0.4 is 0 Å². The Morgan fingerprint density at radius 2 is 1.96 bits per heavy atom. The molecular weight excluding hydrogens is 332 g/mol. The zero-order valence-electron chi connectivity index (χ0n) is 15.9. The van der Waals surface area contributed by atoms with Crippen LogP contribution in [0.1, 0.15) is 46.0 Å². The standard InChI is InChI=1S/C21H30O5/c1-10-11-8-12(22)15-20-7-5-6-19(2,3)13(20)9-14(26-18(20)25-4)21(15,16(10)23)17(11)24/h11-15,17-18,22,24H,1,5-9H2,2-4H3/t11-,12-,13+,14-,15-,17+,18?,20-,21+/m0/s1. The summed E-state index contributed by atoms with van der Waals surface area (Å²) in [5.41, 5.74) is -0.902. The van der Waals surface area contributed by atoms with Crippen LogP contribution in [0.25, 0.3) is 0 Å². The lowest BCUT2D eigenvalue weighted by molar-refractivity contribution is -0.398. The van der Waals surface area contributed by atoms with Crippen LogP contribution in [0, 0.1) is 34.0 Å². The van der Waals surface area contributed by atoms with Crippen molar-refractivity contribution in [3.05, 3.63) is 12.2 Å². The third-order valence-electron chi connectivity index (χ3n) is 8.92. The van der Waals surface area contributed by atoms with Gasteiger partial charge < -0.3 is 19.7 Å². The molecule has 9 atom stereocenters. The van der Waals surface area contributed by atoms with Crippen molar-refractivity contribution in [3.63, 3.8) is 0 Å². The van der Waals surface area contributed by atoms with E-state index in [9.17, 15) is 15.0 Å². The molecule has 4 aliphatic carbocycles. The van der Waals surface area contributed by atoms with Crippen LogP contribution >= 0.6 is 0 Å². The molecule has 6 fully saturated rings. The van der Waals surface area contributed by atoms with Gasteiger partial charge in [0.1, 0.15) is 0 Å². The number of carbonyl (C=O) groups excluding carboxylic acids is 1. The molecule has 5 nitrogen and oxygen atoms in total. The number of Topliss-reactive ketones (excluding diaryl/α,β-unsaturated/α-hetero) is 1. The van der Waals surface area contributed by atoms with E-state index in [4.69, 9.17) is 9.47 Å². The minimum Gasteiger partial charge on any atom is -0.393 e. The quantitative estimate of drug-likeness (QED) is 0.699. The first-order valence-electron chi connectivity index (χ1n) is 10.0. The molecule has 5 heteroatoms. The van der Waals surface area contributed by atoms with E-state index >= 15 is 0 Å². The summed E-state index contributed by atoms with van der Waals surface area (Å²) in [5, 5.41) is 22.5. The van der Waals surface area contributed by atoms with Crippen LogP contribution in [0.4, 0.5) is 0 Å². The highest BCUT2D eigenvalue weighted by molar-refractivity contribution is 6.04. The number of rotatable bonds is 1. The van der Waals surface area contributed by atoms with Crippen molar-refractivity contribution in [3.8, 4) is 0 Å². The van der Waals surface area contributed by atoms with E-state index < -0.39 is 35.4 Å². The minimum absolute atomic E-state index is 0.0719. The number of aliphatic hydroxyl groups excluding tert-OH is 2. The minimum atomic E-state index is -1.04. The van der Waals surface area contributed by atoms with Crippen LogP contribution in [0.3, 0.4) is 0 Å². The van der Waals surface area contributed by atoms with Gasteiger partial charge in [-0.3, -0.25) is 4.79 Å². The molecule has 2 aliphatic heterocycles. The highest BCUT2D eigenvalue weighted by atomic mass is 16.7. The summed E-state index contributed by atoms with van der Waals surface area (Å²) in [7, 11) is 1.66. The van der Waals surface area contributed by atoms with E-state index in [0.29, 0.717) is 17.9 Å². The fraction of sp³-hybridized carbons (Fsp3) is 0.857. The summed E-state index contributed by atoms with van der Waals surface area (Å²) in [4.78, 5) is 13.4. The summed E-state index contributed by atoms with van der Waals surface area (Å²) in [6.45, 7) is 8.58. The van der Waals surface area contributed by atoms with Crippen molar-refractivity contribution >= 4 is 5.78 Å². The van der Waals surface area contributed by atoms with Crippen molar-refractivity contribution in [2.24, 2.45) is 34.0 Å². The predicted octanol–water partition coefficient (Wildman–Crippen LogP) is 2.06. The average molecular weight is 362 g/mol. The molecule has 2 N–H and O–H groups in total. The van der Waals surface area contributed by atoms with Crippen molar-refractivity contribution < 1.29 is 24.5 Å². The van der Waals surface area contributed by atoms with Crippen LogP contribution in [0.5, 0.6) is 0 Å². The van der Waals surface area contributed by atoms with Gasteiger partial charge in [-0.1, -0.05) is 26.8 Å². The van der Waals surface area contributed by atoms with Gasteiger partial charge >= 0.3 is 0 Å². The number of aliphatic hydroxyl groups is 2. The summed E-state index contributed by atoms with van der Waals surface area (Å²) >= 11 is 0. The summed E-state index contributed by atoms with van der Waals surface area (Å²) in [6, 6.07) is 0. The van der Waals surface area contributed by atoms with Gasteiger partial charge in [-0.15, -0.1) is 0 Å². The smallest absolute Gasteiger partial charge is 0.170 e. The lowest BCUT2D eigenvalue weighted by atomic mass is 9.37. The fourth-order valence-corrected chi connectivity index (χ4v) is 8.15. The molecular formula is C21H30O5. The summed E-state index contributed by atoms with van der Waals surface area (Å²) in [5.74, 6) is -0.431. The Bertz CT molecular complexity index is 686. The molecule has 4 bridgehead atoms. The molecule has 144 valence electrons. The molecule has 26 heavy (non-hydrogen) atoms. The number of methoxy groups -OCH3 is 1. The maximum atomic E-state index is 13.4. The van der Waals surface area contributed by atoms with E-state index in [1.54, 1.807) is 7.11 Å². The molecule has 2 heterocycles. The molecule has 6 rings (SSSR count). The highest BCUT2D eigenvalue weighted by Gasteiger charge is 2.81. The Morgan fingerprint density at radius 3 is 2.65 bits per heavy atom. The lowest BCUT2D eigenvalue weighted by Crippen LogP contribution is -2.78. The number of ketones is 1. The first kappa shape index (κ1) is 17.4. The fourth-order valence-electron chi connectivity index (χ4n) is 8.15. The normalized spacial score (nSPS) is 57.0. The largest absolute Gasteiger partial charge is 0.393 e. The van der Waals surface area contributed by atoms with Gasteiger partial charge in [0.25, 0.3) is 0 Å². The van der Waals surface area contributed by atoms with E-state index in [1.165, 1.54) is 0 Å². The number of carbonyl (C=O) groups is 1. The van der Waals surface area contributed by atoms with Gasteiger partial charge in [0, 0.05) is 24.4 Å². The Balaban J connectivity index is 1.76. The monoisotopic (exact) mass is 362 g/mol. The first-order valence-corrected chi connectivity index (χ1v) is 10.0. The van der Waals surface area contributed by atoms with E-state index in [2.05, 4.69) is 20.4 Å². The van der Waals surface area contributed by atoms with E-state index in [-0.39, 0.29) is 23.0 Å². The molecule has 0 aromatic carbocycles. The van der Waals surface area contributed by atoms with Crippen LogP contribution in [0.15, 0.2) is 12.2 Å². The van der Waals surface area contributed by atoms with Crippen molar-refractivity contribution in [1.29, 1.82) is 0 Å². The zero-order chi connectivity index (χ0) is 18.6. The highest BCUT2D eigenvalue weighted by Crippen LogP contribution is 2.75. The van der Waals surface area contributed by atoms with Crippen LogP contribution in [0.2, 0.25) is 0 Å². The third-order valence-corrected chi connectivity index (χ3v) is 8.92. The third kappa shape index (κ3) is 1.58. The lowest BCUT2D eigenvalue weighted by Gasteiger charge is -2.72. The van der Waals surface area contributed by atoms with Gasteiger partial charge in [-0.2, -0.15) is 0 Å². The molecule has 1 unspecified atom stereocenters. The maximum absolute atomic E-state index is 13.4. The predicted molar refractivity (Wildman–Crippen MR) is 94.0 cm³/mol. The SMILES string of the molecule is C=C1C(=O)[C@@]23[C@@H]4C[C@@H]5C(C)(C)CCC[C@@]5(C(OC)O4)[C@@H]2[C@@H](O)C[C@@H]1[C@H]3O. The maximum Gasteiger partial charge on any atom is 0.170 e. The molecule has 0 aromatic rings. The Hall–Kier alpha value is -0.750. The van der Waals surface area contributed by atoms with E-state index in [1.807, 2.05) is 0 Å². The molecule has 0 aromatic heterocycles. The number of ether oxygens (including phenoxy) is 2. The van der Waals surface area contributed by atoms with Gasteiger partial charge in [0.2, 0.25) is 0 Å². The molecule has 6 aliphatic rings. The van der Waals surface area contributed by atoms with Crippen molar-refractivity contribution in [2.75, 3.05) is 7.11 Å². The number of fused-ring (bicyclic) bond motifs is 2. The second-order valence-electron chi connectivity index (χ2n) is 10.1. The Labute approximate surface area is 154 Å². The summed E-state index contributed by atoms with van der Waals surface area (Å²) in [6.07, 6.45) is 1.90. The zero-order valence-corrected chi connectivity index (χ0v) is 15.9. The second kappa shape index (κ2) is 4.99.